The normalized spacial score (nSPS) is 13.7. The van der Waals surface area contributed by atoms with Crippen molar-refractivity contribution in [2.45, 2.75) is 13.8 Å². The van der Waals surface area contributed by atoms with Crippen molar-refractivity contribution in [1.29, 1.82) is 0 Å². The maximum absolute atomic E-state index is 14.9. The molecule has 1 aliphatic heterocycles. The first kappa shape index (κ1) is 19.9. The van der Waals surface area contributed by atoms with Gasteiger partial charge >= 0.3 is 0 Å². The number of hydrogen-bond acceptors (Lipinski definition) is 3. The second kappa shape index (κ2) is 7.42. The van der Waals surface area contributed by atoms with Gasteiger partial charge in [0.1, 0.15) is 0 Å². The smallest absolute Gasteiger partial charge is 0.174 e. The Morgan fingerprint density at radius 2 is 1.03 bits per heavy atom. The monoisotopic (exact) mass is 468 g/mol. The van der Waals surface area contributed by atoms with E-state index in [9.17, 15) is 4.57 Å². The number of rotatable bonds is 3. The van der Waals surface area contributed by atoms with Gasteiger partial charge in [-0.3, -0.25) is 0 Å². The van der Waals surface area contributed by atoms with E-state index in [-0.39, 0.29) is 0 Å². The Morgan fingerprint density at radius 3 is 1.47 bits per heavy atom. The van der Waals surface area contributed by atoms with Gasteiger partial charge in [-0.25, -0.2) is 0 Å². The fraction of sp³-hybridized carbons (Fsp3) is 0.0714. The second-order valence-corrected chi connectivity index (χ2v) is 13.1. The predicted molar refractivity (Wildman–Crippen MR) is 141 cm³/mol. The van der Waals surface area contributed by atoms with Crippen molar-refractivity contribution >= 4 is 45.7 Å². The molecule has 0 radical (unpaired) electrons. The standard InChI is InChI=1S/C28H21OPS2/c1-18-8-12-20(13-9-18)25-16-23-27(31-25)28-24(30(23,29)22-6-4-3-5-7-22)17-26(32-28)21-14-10-19(2)11-15-21/h3-17H,1-2H3. The summed E-state index contributed by atoms with van der Waals surface area (Å²) < 4.78 is 14.9. The average Bonchev–Trinajstić information content (AvgIpc) is 3.50. The van der Waals surface area contributed by atoms with Gasteiger partial charge in [-0.2, -0.15) is 0 Å². The zero-order chi connectivity index (χ0) is 21.9. The highest BCUT2D eigenvalue weighted by Gasteiger charge is 2.43. The highest BCUT2D eigenvalue weighted by molar-refractivity contribution is 7.87. The maximum atomic E-state index is 14.9. The molecule has 0 atom stereocenters. The Labute approximate surface area is 196 Å². The lowest BCUT2D eigenvalue weighted by Gasteiger charge is -2.13. The van der Waals surface area contributed by atoms with E-state index < -0.39 is 7.14 Å². The Morgan fingerprint density at radius 1 is 0.594 bits per heavy atom. The summed E-state index contributed by atoms with van der Waals surface area (Å²) in [5.41, 5.74) is 4.87. The Hall–Kier alpha value is -2.71. The van der Waals surface area contributed by atoms with Gasteiger partial charge in [-0.15, -0.1) is 22.7 Å². The SMILES string of the molecule is Cc1ccc(-c2cc3c(s2)-c2sc(-c4ccc(C)cc4)cc2P3(=O)c2ccccc2)cc1. The van der Waals surface area contributed by atoms with Gasteiger partial charge in [0, 0.05) is 25.7 Å². The van der Waals surface area contributed by atoms with Crippen LogP contribution in [0.3, 0.4) is 0 Å². The quantitative estimate of drug-likeness (QED) is 0.248. The molecule has 0 saturated carbocycles. The van der Waals surface area contributed by atoms with E-state index in [1.807, 2.05) is 30.3 Å². The van der Waals surface area contributed by atoms with E-state index in [0.29, 0.717) is 0 Å². The van der Waals surface area contributed by atoms with Crippen molar-refractivity contribution in [2.75, 3.05) is 0 Å². The molecule has 0 saturated heterocycles. The minimum atomic E-state index is -2.90. The summed E-state index contributed by atoms with van der Waals surface area (Å²) in [5, 5.41) is 2.92. The Kier molecular flexibility index (Phi) is 4.62. The minimum absolute atomic E-state index is 0.918. The van der Waals surface area contributed by atoms with E-state index in [2.05, 4.69) is 74.5 Å². The van der Waals surface area contributed by atoms with Crippen molar-refractivity contribution < 1.29 is 4.57 Å². The first-order valence-corrected chi connectivity index (χ1v) is 14.0. The van der Waals surface area contributed by atoms with Gasteiger partial charge < -0.3 is 4.57 Å². The molecule has 0 unspecified atom stereocenters. The van der Waals surface area contributed by atoms with Crippen LogP contribution in [0.4, 0.5) is 0 Å². The third kappa shape index (κ3) is 3.00. The van der Waals surface area contributed by atoms with Gasteiger partial charge in [-0.1, -0.05) is 90.0 Å². The van der Waals surface area contributed by atoms with E-state index in [1.54, 1.807) is 22.7 Å². The van der Waals surface area contributed by atoms with Crippen molar-refractivity contribution in [1.82, 2.24) is 0 Å². The summed E-state index contributed by atoms with van der Waals surface area (Å²) in [5.74, 6) is 0. The largest absolute Gasteiger partial charge is 0.309 e. The number of thiophene rings is 2. The van der Waals surface area contributed by atoms with Gasteiger partial charge in [0.25, 0.3) is 0 Å². The maximum Gasteiger partial charge on any atom is 0.174 e. The molecule has 1 aliphatic rings. The van der Waals surface area contributed by atoms with Crippen LogP contribution in [0.1, 0.15) is 11.1 Å². The number of fused-ring (bicyclic) bond motifs is 3. The highest BCUT2D eigenvalue weighted by atomic mass is 32.1. The van der Waals surface area contributed by atoms with Crippen molar-refractivity contribution in [3.63, 3.8) is 0 Å². The molecular weight excluding hydrogens is 447 g/mol. The molecule has 1 nitrogen and oxygen atoms in total. The Balaban J connectivity index is 1.58. The van der Waals surface area contributed by atoms with Crippen LogP contribution in [0.2, 0.25) is 0 Å². The molecule has 156 valence electrons. The van der Waals surface area contributed by atoms with Crippen LogP contribution in [0.5, 0.6) is 0 Å². The second-order valence-electron chi connectivity index (χ2n) is 8.33. The molecule has 0 bridgehead atoms. The van der Waals surface area contributed by atoms with Crippen LogP contribution in [0, 0.1) is 13.8 Å². The molecule has 4 heteroatoms. The fourth-order valence-electron chi connectivity index (χ4n) is 4.32. The lowest BCUT2D eigenvalue weighted by Crippen LogP contribution is -2.19. The van der Waals surface area contributed by atoms with Gasteiger partial charge in [0.15, 0.2) is 7.14 Å². The molecule has 0 fully saturated rings. The van der Waals surface area contributed by atoms with Crippen LogP contribution in [-0.4, -0.2) is 0 Å². The molecule has 0 aliphatic carbocycles. The van der Waals surface area contributed by atoms with Gasteiger partial charge in [-0.05, 0) is 37.1 Å². The zero-order valence-corrected chi connectivity index (χ0v) is 20.4. The van der Waals surface area contributed by atoms with E-state index in [0.717, 1.165) is 15.9 Å². The number of hydrogen-bond donors (Lipinski definition) is 0. The van der Waals surface area contributed by atoms with Gasteiger partial charge in [0.05, 0.1) is 9.75 Å². The van der Waals surface area contributed by atoms with Crippen molar-refractivity contribution in [3.05, 3.63) is 102 Å². The molecule has 6 rings (SSSR count). The fourth-order valence-corrected chi connectivity index (χ4v) is 10.8. The summed E-state index contributed by atoms with van der Waals surface area (Å²) in [7, 11) is -2.90. The molecule has 2 aromatic heterocycles. The van der Waals surface area contributed by atoms with E-state index >= 15 is 0 Å². The van der Waals surface area contributed by atoms with Crippen LogP contribution < -0.4 is 15.9 Å². The lowest BCUT2D eigenvalue weighted by molar-refractivity contribution is 0.593. The van der Waals surface area contributed by atoms with Crippen LogP contribution in [-0.2, 0) is 4.57 Å². The van der Waals surface area contributed by atoms with Crippen molar-refractivity contribution in [2.24, 2.45) is 0 Å². The summed E-state index contributed by atoms with van der Waals surface area (Å²) in [6.45, 7) is 4.21. The third-order valence-corrected chi connectivity index (χ3v) is 12.0. The topological polar surface area (TPSA) is 17.1 Å². The van der Waals surface area contributed by atoms with Crippen LogP contribution in [0.25, 0.3) is 30.6 Å². The first-order valence-electron chi connectivity index (χ1n) is 10.6. The first-order chi connectivity index (χ1) is 15.5. The molecule has 3 aromatic carbocycles. The highest BCUT2D eigenvalue weighted by Crippen LogP contribution is 2.58. The molecule has 5 aromatic rings. The average molecular weight is 469 g/mol. The van der Waals surface area contributed by atoms with Gasteiger partial charge in [0.2, 0.25) is 0 Å². The predicted octanol–water partition coefficient (Wildman–Crippen LogP) is 7.38. The Bertz CT molecular complexity index is 1400. The zero-order valence-electron chi connectivity index (χ0n) is 17.8. The third-order valence-electron chi connectivity index (χ3n) is 6.10. The number of benzene rings is 3. The summed E-state index contributed by atoms with van der Waals surface area (Å²) >= 11 is 3.54. The summed E-state index contributed by atoms with van der Waals surface area (Å²) in [6, 6.07) is 31.6. The van der Waals surface area contributed by atoms with E-state index in [4.69, 9.17) is 0 Å². The molecule has 0 amide bonds. The number of aryl methyl sites for hydroxylation is 2. The lowest BCUT2D eigenvalue weighted by atomic mass is 10.1. The molecular formula is C28H21OPS2. The van der Waals surface area contributed by atoms with E-state index in [1.165, 1.54) is 41.8 Å². The molecule has 3 heterocycles. The molecule has 0 spiro atoms. The summed E-state index contributed by atoms with van der Waals surface area (Å²) in [4.78, 5) is 4.71. The minimum Gasteiger partial charge on any atom is -0.309 e. The molecule has 32 heavy (non-hydrogen) atoms. The van der Waals surface area contributed by atoms with Crippen LogP contribution >= 0.6 is 29.8 Å². The summed E-state index contributed by atoms with van der Waals surface area (Å²) in [6.07, 6.45) is 0. The van der Waals surface area contributed by atoms with Crippen molar-refractivity contribution in [3.8, 4) is 30.6 Å². The van der Waals surface area contributed by atoms with Crippen LogP contribution in [0.15, 0.2) is 91.0 Å². The molecule has 0 N–H and O–H groups in total.